The number of nitrogen functional groups attached to an aromatic ring is 1. The average molecular weight is 246 g/mol. The lowest BCUT2D eigenvalue weighted by molar-refractivity contribution is -0.131. The zero-order valence-electron chi connectivity index (χ0n) is 8.54. The van der Waals surface area contributed by atoms with Crippen LogP contribution in [0.15, 0.2) is 6.20 Å². The predicted molar refractivity (Wildman–Crippen MR) is 55.3 cm³/mol. The number of anilines is 2. The Kier molecular flexibility index (Phi) is 2.74. The first-order chi connectivity index (χ1) is 7.96. The number of aromatic nitrogens is 4. The molecule has 0 saturated heterocycles. The van der Waals surface area contributed by atoms with Crippen LogP contribution in [0.2, 0.25) is 0 Å². The summed E-state index contributed by atoms with van der Waals surface area (Å²) in [5, 5.41) is 9.34. The lowest BCUT2D eigenvalue weighted by atomic mass is 10.3. The van der Waals surface area contributed by atoms with Gasteiger partial charge in [-0.1, -0.05) is 0 Å². The molecule has 2 aromatic heterocycles. The maximum absolute atomic E-state index is 12.0. The molecule has 0 aromatic carbocycles. The molecule has 17 heavy (non-hydrogen) atoms. The fourth-order valence-electron chi connectivity index (χ4n) is 1.31. The fraction of sp³-hybridized carbons (Fsp3) is 0.375. The Labute approximate surface area is 93.4 Å². The van der Waals surface area contributed by atoms with Crippen molar-refractivity contribution >= 4 is 22.8 Å². The van der Waals surface area contributed by atoms with Gasteiger partial charge in [0.2, 0.25) is 5.95 Å². The first-order valence-corrected chi connectivity index (χ1v) is 4.73. The van der Waals surface area contributed by atoms with Gasteiger partial charge in [-0.15, -0.1) is 0 Å². The largest absolute Gasteiger partial charge is 0.390 e. The van der Waals surface area contributed by atoms with Crippen LogP contribution < -0.4 is 11.1 Å². The number of rotatable bonds is 3. The maximum atomic E-state index is 12.0. The number of nitrogens with one attached hydrogen (secondary N) is 2. The number of nitrogens with two attached hydrogens (primary N) is 1. The van der Waals surface area contributed by atoms with Crippen LogP contribution >= 0.6 is 0 Å². The first-order valence-electron chi connectivity index (χ1n) is 4.73. The molecule has 0 spiro atoms. The normalized spacial score (nSPS) is 11.9. The van der Waals surface area contributed by atoms with Gasteiger partial charge in [0.15, 0.2) is 5.65 Å². The Balaban J connectivity index is 2.15. The highest BCUT2D eigenvalue weighted by Gasteiger charge is 2.26. The lowest BCUT2D eigenvalue weighted by Crippen LogP contribution is -2.15. The highest BCUT2D eigenvalue weighted by Crippen LogP contribution is 2.22. The number of hydrogen-bond acceptors (Lipinski definition) is 5. The van der Waals surface area contributed by atoms with Gasteiger partial charge in [0.1, 0.15) is 5.82 Å². The van der Waals surface area contributed by atoms with Crippen molar-refractivity contribution in [2.24, 2.45) is 0 Å². The van der Waals surface area contributed by atoms with Crippen molar-refractivity contribution in [2.75, 3.05) is 17.6 Å². The number of aromatic amines is 1. The molecule has 92 valence electrons. The van der Waals surface area contributed by atoms with Crippen molar-refractivity contribution < 1.29 is 13.2 Å². The maximum Gasteiger partial charge on any atom is 0.390 e. The molecule has 0 amide bonds. The zero-order chi connectivity index (χ0) is 12.5. The Hall–Kier alpha value is -2.06. The SMILES string of the molecule is Nc1nc(NCCC(F)(F)F)c2cn[nH]c2n1. The number of nitrogens with zero attached hydrogens (tertiary/aromatic N) is 3. The minimum Gasteiger partial charge on any atom is -0.369 e. The highest BCUT2D eigenvalue weighted by molar-refractivity contribution is 5.86. The Morgan fingerprint density at radius 3 is 2.82 bits per heavy atom. The van der Waals surface area contributed by atoms with E-state index >= 15 is 0 Å². The third-order valence-corrected chi connectivity index (χ3v) is 2.03. The van der Waals surface area contributed by atoms with Crippen molar-refractivity contribution in [3.05, 3.63) is 6.20 Å². The lowest BCUT2D eigenvalue weighted by Gasteiger charge is -2.08. The third kappa shape index (κ3) is 2.74. The molecule has 0 radical (unpaired) electrons. The van der Waals surface area contributed by atoms with E-state index in [-0.39, 0.29) is 18.3 Å². The Morgan fingerprint density at radius 1 is 1.35 bits per heavy atom. The van der Waals surface area contributed by atoms with E-state index in [1.54, 1.807) is 0 Å². The van der Waals surface area contributed by atoms with Gasteiger partial charge in [0.05, 0.1) is 18.0 Å². The van der Waals surface area contributed by atoms with Gasteiger partial charge in [0.25, 0.3) is 0 Å². The van der Waals surface area contributed by atoms with Crippen molar-refractivity contribution in [1.82, 2.24) is 20.2 Å². The molecule has 0 fully saturated rings. The second-order valence-corrected chi connectivity index (χ2v) is 3.35. The molecule has 0 aliphatic carbocycles. The van der Waals surface area contributed by atoms with E-state index in [4.69, 9.17) is 5.73 Å². The Morgan fingerprint density at radius 2 is 2.12 bits per heavy atom. The summed E-state index contributed by atoms with van der Waals surface area (Å²) in [6, 6.07) is 0. The summed E-state index contributed by atoms with van der Waals surface area (Å²) in [6.07, 6.45) is -3.73. The van der Waals surface area contributed by atoms with Gasteiger partial charge in [-0.3, -0.25) is 5.10 Å². The molecule has 0 unspecified atom stereocenters. The van der Waals surface area contributed by atoms with Crippen LogP contribution in [0.3, 0.4) is 0 Å². The van der Waals surface area contributed by atoms with E-state index in [1.165, 1.54) is 6.20 Å². The van der Waals surface area contributed by atoms with E-state index in [2.05, 4.69) is 25.5 Å². The summed E-state index contributed by atoms with van der Waals surface area (Å²) >= 11 is 0. The van der Waals surface area contributed by atoms with Gasteiger partial charge in [-0.2, -0.15) is 28.2 Å². The highest BCUT2D eigenvalue weighted by atomic mass is 19.4. The van der Waals surface area contributed by atoms with E-state index in [1.807, 2.05) is 0 Å². The summed E-state index contributed by atoms with van der Waals surface area (Å²) in [5.74, 6) is 0.210. The zero-order valence-corrected chi connectivity index (χ0v) is 8.54. The van der Waals surface area contributed by atoms with Gasteiger partial charge in [0, 0.05) is 6.54 Å². The summed E-state index contributed by atoms with van der Waals surface area (Å²) in [4.78, 5) is 7.66. The number of halogens is 3. The molecule has 0 aliphatic heterocycles. The van der Waals surface area contributed by atoms with Gasteiger partial charge < -0.3 is 11.1 Å². The second-order valence-electron chi connectivity index (χ2n) is 3.35. The summed E-state index contributed by atoms with van der Waals surface area (Å²) < 4.78 is 35.9. The van der Waals surface area contributed by atoms with Crippen LogP contribution in [0.5, 0.6) is 0 Å². The molecular weight excluding hydrogens is 237 g/mol. The Bertz CT molecular complexity index is 519. The standard InChI is InChI=1S/C8H9F3N6/c9-8(10,11)1-2-13-5-4-3-14-17-6(4)16-7(12)15-5/h3H,1-2H2,(H4,12,13,14,15,16,17). The van der Waals surface area contributed by atoms with Crippen LogP contribution in [0.25, 0.3) is 11.0 Å². The average Bonchev–Trinajstić information content (AvgIpc) is 2.63. The smallest absolute Gasteiger partial charge is 0.369 e. The fourth-order valence-corrected chi connectivity index (χ4v) is 1.31. The molecule has 9 heteroatoms. The van der Waals surface area contributed by atoms with Crippen molar-refractivity contribution in [3.63, 3.8) is 0 Å². The number of alkyl halides is 3. The molecule has 0 saturated carbocycles. The summed E-state index contributed by atoms with van der Waals surface area (Å²) in [7, 11) is 0. The molecule has 2 aromatic rings. The molecular formula is C8H9F3N6. The van der Waals surface area contributed by atoms with E-state index < -0.39 is 12.6 Å². The minimum absolute atomic E-state index is 0.0312. The van der Waals surface area contributed by atoms with Crippen molar-refractivity contribution in [1.29, 1.82) is 0 Å². The molecule has 6 nitrogen and oxygen atoms in total. The molecule has 4 N–H and O–H groups in total. The predicted octanol–water partition coefficient (Wildman–Crippen LogP) is 1.30. The van der Waals surface area contributed by atoms with Gasteiger partial charge >= 0.3 is 6.18 Å². The summed E-state index contributed by atoms with van der Waals surface area (Å²) in [6.45, 7) is -0.278. The first kappa shape index (κ1) is 11.4. The second kappa shape index (κ2) is 4.07. The van der Waals surface area contributed by atoms with Crippen molar-refractivity contribution in [3.8, 4) is 0 Å². The van der Waals surface area contributed by atoms with Crippen LogP contribution in [-0.4, -0.2) is 32.9 Å². The summed E-state index contributed by atoms with van der Waals surface area (Å²) in [5.41, 5.74) is 5.79. The molecule has 2 rings (SSSR count). The topological polar surface area (TPSA) is 92.5 Å². The number of H-pyrrole nitrogens is 1. The van der Waals surface area contributed by atoms with Gasteiger partial charge in [-0.05, 0) is 0 Å². The molecule has 2 heterocycles. The van der Waals surface area contributed by atoms with E-state index in [9.17, 15) is 13.2 Å². The third-order valence-electron chi connectivity index (χ3n) is 2.03. The van der Waals surface area contributed by atoms with Crippen LogP contribution in [0.4, 0.5) is 24.9 Å². The molecule has 0 atom stereocenters. The van der Waals surface area contributed by atoms with Crippen LogP contribution in [0, 0.1) is 0 Å². The number of fused-ring (bicyclic) bond motifs is 1. The minimum atomic E-state index is -4.21. The monoisotopic (exact) mass is 246 g/mol. The van der Waals surface area contributed by atoms with Crippen LogP contribution in [0.1, 0.15) is 6.42 Å². The van der Waals surface area contributed by atoms with Crippen LogP contribution in [-0.2, 0) is 0 Å². The quantitative estimate of drug-likeness (QED) is 0.759. The molecule has 0 aliphatic rings. The number of hydrogen-bond donors (Lipinski definition) is 3. The van der Waals surface area contributed by atoms with Gasteiger partial charge in [-0.25, -0.2) is 0 Å². The van der Waals surface area contributed by atoms with E-state index in [0.717, 1.165) is 0 Å². The van der Waals surface area contributed by atoms with E-state index in [0.29, 0.717) is 11.0 Å². The molecule has 0 bridgehead atoms. The van der Waals surface area contributed by atoms with Crippen molar-refractivity contribution in [2.45, 2.75) is 12.6 Å².